The molecule has 17 heavy (non-hydrogen) atoms. The molecule has 0 heterocycles. The molecule has 1 atom stereocenters. The summed E-state index contributed by atoms with van der Waals surface area (Å²) in [5.74, 6) is -0.405. The first-order valence-electron chi connectivity index (χ1n) is 5.25. The molecule has 0 unspecified atom stereocenters. The maximum absolute atomic E-state index is 10.9. The van der Waals surface area contributed by atoms with Gasteiger partial charge in [0, 0.05) is 13.0 Å². The van der Waals surface area contributed by atoms with Crippen molar-refractivity contribution < 1.29 is 19.4 Å². The summed E-state index contributed by atoms with van der Waals surface area (Å²) in [6.45, 7) is 2.12. The smallest absolute Gasteiger partial charge is 0.333 e. The van der Waals surface area contributed by atoms with E-state index in [-0.39, 0.29) is 6.42 Å². The van der Waals surface area contributed by atoms with E-state index >= 15 is 0 Å². The highest BCUT2D eigenvalue weighted by molar-refractivity contribution is 6.32. The van der Waals surface area contributed by atoms with E-state index < -0.39 is 12.1 Å². The molecular formula is C12H15ClO4. The van der Waals surface area contributed by atoms with Gasteiger partial charge in [-0.1, -0.05) is 17.7 Å². The summed E-state index contributed by atoms with van der Waals surface area (Å²) in [7, 11) is 1.53. The third-order valence-electron chi connectivity index (χ3n) is 2.28. The summed E-state index contributed by atoms with van der Waals surface area (Å²) < 4.78 is 10.2. The Morgan fingerprint density at radius 1 is 1.53 bits per heavy atom. The minimum atomic E-state index is -0.973. The van der Waals surface area contributed by atoms with Gasteiger partial charge in [0.1, 0.15) is 5.75 Å². The fourth-order valence-corrected chi connectivity index (χ4v) is 1.75. The van der Waals surface area contributed by atoms with Crippen molar-refractivity contribution in [2.45, 2.75) is 19.4 Å². The van der Waals surface area contributed by atoms with Crippen LogP contribution in [0, 0.1) is 0 Å². The Bertz CT molecular complexity index is 392. The SMILES string of the molecule is CCO[C@H](Cc1ccc(OC)c(Cl)c1)C(=O)O. The third-order valence-corrected chi connectivity index (χ3v) is 2.58. The van der Waals surface area contributed by atoms with Gasteiger partial charge in [-0.25, -0.2) is 4.79 Å². The van der Waals surface area contributed by atoms with Crippen LogP contribution >= 0.6 is 11.6 Å². The number of ether oxygens (including phenoxy) is 2. The molecule has 0 radical (unpaired) electrons. The molecule has 0 aliphatic carbocycles. The van der Waals surface area contributed by atoms with Crippen LogP contribution in [-0.4, -0.2) is 30.9 Å². The number of halogens is 1. The van der Waals surface area contributed by atoms with E-state index in [2.05, 4.69) is 0 Å². The van der Waals surface area contributed by atoms with E-state index in [1.807, 2.05) is 0 Å². The first-order chi connectivity index (χ1) is 8.08. The number of carboxylic acids is 1. The monoisotopic (exact) mass is 258 g/mol. The van der Waals surface area contributed by atoms with Crippen LogP contribution in [0.5, 0.6) is 5.75 Å². The molecule has 4 nitrogen and oxygen atoms in total. The summed E-state index contributed by atoms with van der Waals surface area (Å²) in [5, 5.41) is 9.42. The van der Waals surface area contributed by atoms with Crippen molar-refractivity contribution in [3.05, 3.63) is 28.8 Å². The van der Waals surface area contributed by atoms with Gasteiger partial charge in [-0.05, 0) is 24.6 Å². The summed E-state index contributed by atoms with van der Waals surface area (Å²) in [6, 6.07) is 5.18. The Hall–Kier alpha value is -1.26. The Labute approximate surface area is 105 Å². The molecule has 0 saturated heterocycles. The lowest BCUT2D eigenvalue weighted by atomic mass is 10.1. The Kier molecular flexibility index (Phi) is 5.25. The molecule has 0 aliphatic rings. The lowest BCUT2D eigenvalue weighted by Gasteiger charge is -2.13. The highest BCUT2D eigenvalue weighted by Crippen LogP contribution is 2.25. The molecule has 0 saturated carbocycles. The van der Waals surface area contributed by atoms with Gasteiger partial charge in [-0.3, -0.25) is 0 Å². The molecule has 0 aromatic heterocycles. The van der Waals surface area contributed by atoms with E-state index in [4.69, 9.17) is 26.2 Å². The quantitative estimate of drug-likeness (QED) is 0.851. The fourth-order valence-electron chi connectivity index (χ4n) is 1.47. The van der Waals surface area contributed by atoms with Crippen LogP contribution in [0.1, 0.15) is 12.5 Å². The van der Waals surface area contributed by atoms with Crippen LogP contribution in [0.2, 0.25) is 5.02 Å². The highest BCUT2D eigenvalue weighted by atomic mass is 35.5. The molecule has 1 N–H and O–H groups in total. The van der Waals surface area contributed by atoms with Gasteiger partial charge in [0.15, 0.2) is 6.10 Å². The number of carbonyl (C=O) groups is 1. The average molecular weight is 259 g/mol. The summed E-state index contributed by atoms with van der Waals surface area (Å²) >= 11 is 5.96. The summed E-state index contributed by atoms with van der Waals surface area (Å²) in [6.07, 6.45) is -0.558. The van der Waals surface area contributed by atoms with Crippen LogP contribution in [-0.2, 0) is 16.0 Å². The van der Waals surface area contributed by atoms with Crippen LogP contribution in [0.15, 0.2) is 18.2 Å². The van der Waals surface area contributed by atoms with Crippen LogP contribution < -0.4 is 4.74 Å². The maximum Gasteiger partial charge on any atom is 0.333 e. The zero-order valence-corrected chi connectivity index (χ0v) is 10.5. The standard InChI is InChI=1S/C12H15ClO4/c1-3-17-11(12(14)15)7-8-4-5-10(16-2)9(13)6-8/h4-6,11H,3,7H2,1-2H3,(H,14,15)/t11-/m1/s1. The van der Waals surface area contributed by atoms with Crippen LogP contribution in [0.25, 0.3) is 0 Å². The number of hydrogen-bond acceptors (Lipinski definition) is 3. The van der Waals surface area contributed by atoms with Gasteiger partial charge in [-0.15, -0.1) is 0 Å². The number of carboxylic acid groups (broad SMARTS) is 1. The van der Waals surface area contributed by atoms with Gasteiger partial charge < -0.3 is 14.6 Å². The van der Waals surface area contributed by atoms with Crippen molar-refractivity contribution in [2.24, 2.45) is 0 Å². The second-order valence-electron chi connectivity index (χ2n) is 3.46. The molecule has 0 aliphatic heterocycles. The Morgan fingerprint density at radius 2 is 2.24 bits per heavy atom. The first-order valence-corrected chi connectivity index (χ1v) is 5.63. The number of methoxy groups -OCH3 is 1. The van der Waals surface area contributed by atoms with Crippen molar-refractivity contribution >= 4 is 17.6 Å². The van der Waals surface area contributed by atoms with E-state index in [1.54, 1.807) is 25.1 Å². The highest BCUT2D eigenvalue weighted by Gasteiger charge is 2.18. The Morgan fingerprint density at radius 3 is 2.71 bits per heavy atom. The number of benzene rings is 1. The molecule has 5 heteroatoms. The number of rotatable bonds is 6. The van der Waals surface area contributed by atoms with Crippen LogP contribution in [0.4, 0.5) is 0 Å². The zero-order valence-electron chi connectivity index (χ0n) is 9.77. The Balaban J connectivity index is 2.79. The van der Waals surface area contributed by atoms with Gasteiger partial charge >= 0.3 is 5.97 Å². The van der Waals surface area contributed by atoms with Gasteiger partial charge in [0.2, 0.25) is 0 Å². The lowest BCUT2D eigenvalue weighted by molar-refractivity contribution is -0.149. The predicted octanol–water partition coefficient (Wildman–Crippen LogP) is 2.38. The largest absolute Gasteiger partial charge is 0.495 e. The second kappa shape index (κ2) is 6.47. The molecule has 0 spiro atoms. The van der Waals surface area contributed by atoms with Crippen molar-refractivity contribution in [1.82, 2.24) is 0 Å². The fraction of sp³-hybridized carbons (Fsp3) is 0.417. The van der Waals surface area contributed by atoms with Gasteiger partial charge in [-0.2, -0.15) is 0 Å². The second-order valence-corrected chi connectivity index (χ2v) is 3.86. The minimum absolute atomic E-state index is 0.285. The summed E-state index contributed by atoms with van der Waals surface area (Å²) in [4.78, 5) is 10.9. The molecule has 0 bridgehead atoms. The maximum atomic E-state index is 10.9. The van der Waals surface area contributed by atoms with Gasteiger partial charge in [0.05, 0.1) is 12.1 Å². The van der Waals surface area contributed by atoms with E-state index in [0.29, 0.717) is 17.4 Å². The van der Waals surface area contributed by atoms with E-state index in [9.17, 15) is 4.79 Å². The van der Waals surface area contributed by atoms with Crippen molar-refractivity contribution in [2.75, 3.05) is 13.7 Å². The first kappa shape index (κ1) is 13.8. The van der Waals surface area contributed by atoms with Crippen molar-refractivity contribution in [1.29, 1.82) is 0 Å². The molecule has 0 fully saturated rings. The topological polar surface area (TPSA) is 55.8 Å². The van der Waals surface area contributed by atoms with Crippen LogP contribution in [0.3, 0.4) is 0 Å². The molecule has 1 aromatic rings. The van der Waals surface area contributed by atoms with Crippen molar-refractivity contribution in [3.8, 4) is 5.75 Å². The predicted molar refractivity (Wildman–Crippen MR) is 64.8 cm³/mol. The third kappa shape index (κ3) is 3.91. The molecule has 1 aromatic carbocycles. The lowest BCUT2D eigenvalue weighted by Crippen LogP contribution is -2.26. The normalized spacial score (nSPS) is 12.2. The van der Waals surface area contributed by atoms with E-state index in [1.165, 1.54) is 7.11 Å². The average Bonchev–Trinajstić information content (AvgIpc) is 2.28. The molecule has 1 rings (SSSR count). The van der Waals surface area contributed by atoms with Crippen molar-refractivity contribution in [3.63, 3.8) is 0 Å². The molecule has 94 valence electrons. The number of hydrogen-bond donors (Lipinski definition) is 1. The van der Waals surface area contributed by atoms with Gasteiger partial charge in [0.25, 0.3) is 0 Å². The van der Waals surface area contributed by atoms with E-state index in [0.717, 1.165) is 5.56 Å². The summed E-state index contributed by atoms with van der Waals surface area (Å²) in [5.41, 5.74) is 0.802. The minimum Gasteiger partial charge on any atom is -0.495 e. The molecule has 0 amide bonds. The number of aliphatic carboxylic acids is 1. The molecular weight excluding hydrogens is 244 g/mol. The zero-order chi connectivity index (χ0) is 12.8.